The van der Waals surface area contributed by atoms with Gasteiger partial charge in [0.15, 0.2) is 0 Å². The SMILES string of the molecule is Clc1c2c(cc3oc4ccccc4c13)-c1cccc3cccc-2c13. The zero-order valence-electron chi connectivity index (χ0n) is 12.6. The van der Waals surface area contributed by atoms with Crippen molar-refractivity contribution in [1.29, 1.82) is 0 Å². The van der Waals surface area contributed by atoms with Crippen LogP contribution in [-0.4, -0.2) is 0 Å². The third-order valence-electron chi connectivity index (χ3n) is 5.07. The molecule has 0 saturated heterocycles. The second-order valence-electron chi connectivity index (χ2n) is 6.29. The molecule has 0 N–H and O–H groups in total. The van der Waals surface area contributed by atoms with Crippen molar-refractivity contribution in [1.82, 2.24) is 0 Å². The molecule has 0 spiro atoms. The summed E-state index contributed by atoms with van der Waals surface area (Å²) in [5.41, 5.74) is 6.48. The average molecular weight is 327 g/mol. The third-order valence-corrected chi connectivity index (χ3v) is 5.45. The predicted molar refractivity (Wildman–Crippen MR) is 101 cm³/mol. The summed E-state index contributed by atoms with van der Waals surface area (Å²) in [4.78, 5) is 0. The molecular weight excluding hydrogens is 316 g/mol. The lowest BCUT2D eigenvalue weighted by Gasteiger charge is -2.06. The summed E-state index contributed by atoms with van der Waals surface area (Å²) >= 11 is 6.92. The summed E-state index contributed by atoms with van der Waals surface area (Å²) in [6.45, 7) is 0. The number of rotatable bonds is 0. The standard InChI is InChI=1S/C22H11ClO/c23-22-20-15-9-4-6-12-5-3-8-13(19(12)15)16(20)11-18-21(22)14-7-1-2-10-17(14)24-18/h1-11H. The highest BCUT2D eigenvalue weighted by molar-refractivity contribution is 6.42. The molecule has 112 valence electrons. The van der Waals surface area contributed by atoms with E-state index >= 15 is 0 Å². The fourth-order valence-electron chi connectivity index (χ4n) is 4.09. The van der Waals surface area contributed by atoms with Gasteiger partial charge in [-0.05, 0) is 39.6 Å². The Bertz CT molecular complexity index is 1310. The van der Waals surface area contributed by atoms with Gasteiger partial charge in [-0.1, -0.05) is 66.2 Å². The highest BCUT2D eigenvalue weighted by Gasteiger charge is 2.26. The van der Waals surface area contributed by atoms with Crippen LogP contribution in [0.3, 0.4) is 0 Å². The first-order valence-electron chi connectivity index (χ1n) is 7.99. The number of hydrogen-bond donors (Lipinski definition) is 0. The van der Waals surface area contributed by atoms with E-state index in [2.05, 4.69) is 48.5 Å². The molecule has 1 nitrogen and oxygen atoms in total. The van der Waals surface area contributed by atoms with Crippen molar-refractivity contribution in [3.05, 3.63) is 71.8 Å². The molecule has 1 aliphatic rings. The Morgan fingerprint density at radius 3 is 2.33 bits per heavy atom. The van der Waals surface area contributed by atoms with Crippen molar-refractivity contribution < 1.29 is 4.42 Å². The summed E-state index contributed by atoms with van der Waals surface area (Å²) in [5, 5.41) is 5.41. The van der Waals surface area contributed by atoms with Gasteiger partial charge in [0.05, 0.1) is 5.02 Å². The molecule has 0 aliphatic heterocycles. The molecule has 1 aromatic heterocycles. The Morgan fingerprint density at radius 1 is 0.667 bits per heavy atom. The Morgan fingerprint density at radius 2 is 1.46 bits per heavy atom. The first-order valence-corrected chi connectivity index (χ1v) is 8.37. The van der Waals surface area contributed by atoms with Crippen LogP contribution in [0.4, 0.5) is 0 Å². The molecule has 5 aromatic rings. The van der Waals surface area contributed by atoms with Gasteiger partial charge < -0.3 is 4.42 Å². The van der Waals surface area contributed by atoms with E-state index in [1.165, 1.54) is 27.5 Å². The number of para-hydroxylation sites is 1. The van der Waals surface area contributed by atoms with Crippen LogP contribution in [-0.2, 0) is 0 Å². The van der Waals surface area contributed by atoms with E-state index in [-0.39, 0.29) is 0 Å². The number of halogens is 1. The molecular formula is C22H11ClO. The molecule has 24 heavy (non-hydrogen) atoms. The monoisotopic (exact) mass is 326 g/mol. The molecule has 0 fully saturated rings. The van der Waals surface area contributed by atoms with Crippen LogP contribution >= 0.6 is 11.6 Å². The predicted octanol–water partition coefficient (Wildman–Crippen LogP) is 7.04. The van der Waals surface area contributed by atoms with Crippen LogP contribution in [0, 0.1) is 0 Å². The van der Waals surface area contributed by atoms with E-state index in [1.807, 2.05) is 18.2 Å². The van der Waals surface area contributed by atoms with Crippen molar-refractivity contribution in [3.63, 3.8) is 0 Å². The zero-order chi connectivity index (χ0) is 15.8. The van der Waals surface area contributed by atoms with Crippen molar-refractivity contribution >= 4 is 44.3 Å². The van der Waals surface area contributed by atoms with Gasteiger partial charge >= 0.3 is 0 Å². The van der Waals surface area contributed by atoms with Crippen LogP contribution in [0.25, 0.3) is 55.0 Å². The van der Waals surface area contributed by atoms with Gasteiger partial charge in [-0.25, -0.2) is 0 Å². The highest BCUT2D eigenvalue weighted by Crippen LogP contribution is 2.53. The van der Waals surface area contributed by atoms with Gasteiger partial charge in [0.25, 0.3) is 0 Å². The summed E-state index contributed by atoms with van der Waals surface area (Å²) in [5.74, 6) is 0. The summed E-state index contributed by atoms with van der Waals surface area (Å²) < 4.78 is 6.07. The normalized spacial score (nSPS) is 12.4. The molecule has 1 heterocycles. The van der Waals surface area contributed by atoms with Crippen molar-refractivity contribution in [2.75, 3.05) is 0 Å². The smallest absolute Gasteiger partial charge is 0.137 e. The van der Waals surface area contributed by atoms with Crippen LogP contribution in [0.5, 0.6) is 0 Å². The van der Waals surface area contributed by atoms with Crippen LogP contribution < -0.4 is 0 Å². The second kappa shape index (κ2) is 4.19. The minimum atomic E-state index is 0.788. The Kier molecular flexibility index (Phi) is 2.21. The largest absolute Gasteiger partial charge is 0.456 e. The lowest BCUT2D eigenvalue weighted by atomic mass is 10.0. The lowest BCUT2D eigenvalue weighted by molar-refractivity contribution is 0.669. The topological polar surface area (TPSA) is 13.1 Å². The maximum atomic E-state index is 6.92. The summed E-state index contributed by atoms with van der Waals surface area (Å²) in [7, 11) is 0. The quantitative estimate of drug-likeness (QED) is 0.292. The Balaban J connectivity index is 1.88. The Labute approximate surface area is 143 Å². The van der Waals surface area contributed by atoms with Gasteiger partial charge in [0, 0.05) is 16.3 Å². The van der Waals surface area contributed by atoms with E-state index in [1.54, 1.807) is 0 Å². The highest BCUT2D eigenvalue weighted by atomic mass is 35.5. The maximum absolute atomic E-state index is 6.92. The zero-order valence-corrected chi connectivity index (χ0v) is 13.4. The lowest BCUT2D eigenvalue weighted by Crippen LogP contribution is -1.80. The molecule has 0 saturated carbocycles. The van der Waals surface area contributed by atoms with E-state index in [4.69, 9.17) is 16.0 Å². The fraction of sp³-hybridized carbons (Fsp3) is 0. The second-order valence-corrected chi connectivity index (χ2v) is 6.67. The van der Waals surface area contributed by atoms with E-state index in [0.717, 1.165) is 32.5 Å². The summed E-state index contributed by atoms with van der Waals surface area (Å²) in [6, 6.07) is 23.1. The minimum Gasteiger partial charge on any atom is -0.456 e. The first kappa shape index (κ1) is 12.6. The molecule has 6 rings (SSSR count). The number of furan rings is 1. The summed E-state index contributed by atoms with van der Waals surface area (Å²) in [6.07, 6.45) is 0. The van der Waals surface area contributed by atoms with Crippen molar-refractivity contribution in [2.45, 2.75) is 0 Å². The third kappa shape index (κ3) is 1.37. The van der Waals surface area contributed by atoms with Gasteiger partial charge in [0.2, 0.25) is 0 Å². The van der Waals surface area contributed by atoms with Crippen LogP contribution in [0.2, 0.25) is 5.02 Å². The van der Waals surface area contributed by atoms with E-state index in [0.29, 0.717) is 0 Å². The fourth-order valence-corrected chi connectivity index (χ4v) is 4.49. The molecule has 2 heteroatoms. The number of benzene rings is 4. The van der Waals surface area contributed by atoms with Gasteiger partial charge in [-0.3, -0.25) is 0 Å². The molecule has 0 atom stereocenters. The minimum absolute atomic E-state index is 0.788. The van der Waals surface area contributed by atoms with Crippen molar-refractivity contribution in [2.24, 2.45) is 0 Å². The number of hydrogen-bond acceptors (Lipinski definition) is 1. The molecule has 0 bridgehead atoms. The van der Waals surface area contributed by atoms with Crippen molar-refractivity contribution in [3.8, 4) is 22.3 Å². The molecule has 0 amide bonds. The Hall–Kier alpha value is -2.77. The maximum Gasteiger partial charge on any atom is 0.137 e. The molecule has 1 aliphatic carbocycles. The van der Waals surface area contributed by atoms with Gasteiger partial charge in [-0.2, -0.15) is 0 Å². The van der Waals surface area contributed by atoms with Crippen LogP contribution in [0.1, 0.15) is 0 Å². The number of fused-ring (bicyclic) bond motifs is 6. The van der Waals surface area contributed by atoms with E-state index in [9.17, 15) is 0 Å². The van der Waals surface area contributed by atoms with E-state index < -0.39 is 0 Å². The van der Waals surface area contributed by atoms with Crippen LogP contribution in [0.15, 0.2) is 71.1 Å². The molecule has 0 unspecified atom stereocenters. The first-order chi connectivity index (χ1) is 11.8. The molecule has 0 radical (unpaired) electrons. The van der Waals surface area contributed by atoms with Gasteiger partial charge in [0.1, 0.15) is 11.2 Å². The van der Waals surface area contributed by atoms with Gasteiger partial charge in [-0.15, -0.1) is 0 Å². The average Bonchev–Trinajstić information content (AvgIpc) is 3.14. The molecule has 4 aromatic carbocycles.